The van der Waals surface area contributed by atoms with Gasteiger partial charge in [-0.25, -0.2) is 13.1 Å². The van der Waals surface area contributed by atoms with Gasteiger partial charge in [-0.1, -0.05) is 24.3 Å². The molecule has 2 rings (SSSR count). The second kappa shape index (κ2) is 6.26. The number of hydrogen-bond acceptors (Lipinski definition) is 4. The average Bonchev–Trinajstić information content (AvgIpc) is 2.45. The Morgan fingerprint density at radius 1 is 1.14 bits per heavy atom. The Labute approximate surface area is 124 Å². The van der Waals surface area contributed by atoms with Crippen molar-refractivity contribution >= 4 is 15.7 Å². The highest BCUT2D eigenvalue weighted by molar-refractivity contribution is 7.89. The molecule has 0 saturated heterocycles. The van der Waals surface area contributed by atoms with Crippen molar-refractivity contribution in [2.24, 2.45) is 0 Å². The lowest BCUT2D eigenvalue weighted by Gasteiger charge is -2.10. The first-order chi connectivity index (χ1) is 9.92. The molecule has 0 radical (unpaired) electrons. The number of aryl methyl sites for hydroxylation is 1. The Hall–Kier alpha value is -1.89. The van der Waals surface area contributed by atoms with Gasteiger partial charge in [0.2, 0.25) is 10.0 Å². The van der Waals surface area contributed by atoms with E-state index >= 15 is 0 Å². The van der Waals surface area contributed by atoms with Gasteiger partial charge in [-0.2, -0.15) is 0 Å². The summed E-state index contributed by atoms with van der Waals surface area (Å²) >= 11 is 0. The smallest absolute Gasteiger partial charge is 0.241 e. The summed E-state index contributed by atoms with van der Waals surface area (Å²) in [6.45, 7) is 1.80. The van der Waals surface area contributed by atoms with Crippen molar-refractivity contribution in [3.05, 3.63) is 59.2 Å². The second-order valence-corrected chi connectivity index (χ2v) is 6.56. The zero-order valence-electron chi connectivity index (χ0n) is 11.7. The molecule has 0 unspecified atom stereocenters. The third-order valence-electron chi connectivity index (χ3n) is 3.13. The van der Waals surface area contributed by atoms with Gasteiger partial charge in [0.25, 0.3) is 0 Å². The lowest BCUT2D eigenvalue weighted by Crippen LogP contribution is -2.24. The molecule has 0 fully saturated rings. The Morgan fingerprint density at radius 3 is 2.52 bits per heavy atom. The summed E-state index contributed by atoms with van der Waals surface area (Å²) in [5.74, 6) is 0. The normalized spacial score (nSPS) is 11.5. The lowest BCUT2D eigenvalue weighted by molar-refractivity contribution is 0.281. The molecule has 112 valence electrons. The first kappa shape index (κ1) is 15.5. The van der Waals surface area contributed by atoms with E-state index in [0.29, 0.717) is 11.3 Å². The first-order valence-corrected chi connectivity index (χ1v) is 7.95. The molecule has 0 amide bonds. The highest BCUT2D eigenvalue weighted by Gasteiger charge is 2.16. The molecular formula is C15H18N2O3S. The van der Waals surface area contributed by atoms with E-state index in [1.807, 2.05) is 0 Å². The minimum atomic E-state index is -3.59. The number of nitrogens with one attached hydrogen (secondary N) is 1. The van der Waals surface area contributed by atoms with Crippen LogP contribution in [0.5, 0.6) is 0 Å². The minimum Gasteiger partial charge on any atom is -0.399 e. The van der Waals surface area contributed by atoms with E-state index in [4.69, 9.17) is 10.8 Å². The summed E-state index contributed by atoms with van der Waals surface area (Å²) in [6, 6.07) is 11.8. The van der Waals surface area contributed by atoms with Crippen LogP contribution in [0.2, 0.25) is 0 Å². The van der Waals surface area contributed by atoms with Crippen LogP contribution in [0.1, 0.15) is 16.7 Å². The molecule has 0 heterocycles. The van der Waals surface area contributed by atoms with Crippen molar-refractivity contribution in [1.29, 1.82) is 0 Å². The maximum Gasteiger partial charge on any atom is 0.241 e. The Kier molecular flexibility index (Phi) is 4.62. The van der Waals surface area contributed by atoms with Crippen molar-refractivity contribution in [3.63, 3.8) is 0 Å². The third kappa shape index (κ3) is 3.81. The van der Waals surface area contributed by atoms with Crippen molar-refractivity contribution in [1.82, 2.24) is 4.72 Å². The van der Waals surface area contributed by atoms with Crippen molar-refractivity contribution < 1.29 is 13.5 Å². The molecule has 6 heteroatoms. The molecule has 5 nitrogen and oxygen atoms in total. The van der Waals surface area contributed by atoms with E-state index in [9.17, 15) is 8.42 Å². The van der Waals surface area contributed by atoms with Crippen LogP contribution in [0.15, 0.2) is 47.4 Å². The summed E-state index contributed by atoms with van der Waals surface area (Å²) in [6.07, 6.45) is 0. The number of nitrogen functional groups attached to an aromatic ring is 1. The predicted octanol–water partition coefficient (Wildman–Crippen LogP) is 1.55. The highest BCUT2D eigenvalue weighted by Crippen LogP contribution is 2.18. The van der Waals surface area contributed by atoms with Crippen molar-refractivity contribution in [3.8, 4) is 0 Å². The Morgan fingerprint density at radius 2 is 1.86 bits per heavy atom. The molecule has 0 bridgehead atoms. The Balaban J connectivity index is 2.17. The minimum absolute atomic E-state index is 0.0718. The number of hydrogen-bond donors (Lipinski definition) is 3. The number of aliphatic hydroxyl groups excluding tert-OH is 1. The molecule has 0 saturated carbocycles. The quantitative estimate of drug-likeness (QED) is 0.731. The van der Waals surface area contributed by atoms with Crippen LogP contribution >= 0.6 is 0 Å². The van der Waals surface area contributed by atoms with Crippen LogP contribution < -0.4 is 10.5 Å². The predicted molar refractivity (Wildman–Crippen MR) is 82.0 cm³/mol. The SMILES string of the molecule is Cc1cc(N)ccc1S(=O)(=O)NCc1cccc(CO)c1. The fourth-order valence-electron chi connectivity index (χ4n) is 2.07. The molecule has 0 aliphatic heterocycles. The van der Waals surface area contributed by atoms with Crippen LogP contribution in [-0.2, 0) is 23.2 Å². The van der Waals surface area contributed by atoms with Gasteiger partial charge in [-0.15, -0.1) is 0 Å². The summed E-state index contributed by atoms with van der Waals surface area (Å²) in [5.41, 5.74) is 8.30. The standard InChI is InChI=1S/C15H18N2O3S/c1-11-7-14(16)5-6-15(11)21(19,20)17-9-12-3-2-4-13(8-12)10-18/h2-8,17-18H,9-10,16H2,1H3. The fourth-order valence-corrected chi connectivity index (χ4v) is 3.31. The molecule has 21 heavy (non-hydrogen) atoms. The van der Waals surface area contributed by atoms with Gasteiger partial charge in [0.1, 0.15) is 0 Å². The van der Waals surface area contributed by atoms with Crippen molar-refractivity contribution in [2.75, 3.05) is 5.73 Å². The molecule has 0 atom stereocenters. The number of benzene rings is 2. The van der Waals surface area contributed by atoms with Gasteiger partial charge in [-0.05, 0) is 41.8 Å². The maximum atomic E-state index is 12.3. The molecule has 0 aromatic heterocycles. The van der Waals surface area contributed by atoms with E-state index in [1.165, 1.54) is 6.07 Å². The lowest BCUT2D eigenvalue weighted by atomic mass is 10.1. The molecule has 0 aliphatic carbocycles. The third-order valence-corrected chi connectivity index (χ3v) is 4.69. The summed E-state index contributed by atoms with van der Waals surface area (Å²) in [5, 5.41) is 9.08. The summed E-state index contributed by atoms with van der Waals surface area (Å²) in [7, 11) is -3.59. The van der Waals surface area contributed by atoms with Gasteiger partial charge >= 0.3 is 0 Å². The molecule has 0 spiro atoms. The number of rotatable bonds is 5. The van der Waals surface area contributed by atoms with E-state index in [-0.39, 0.29) is 18.0 Å². The molecule has 2 aromatic rings. The maximum absolute atomic E-state index is 12.3. The van der Waals surface area contributed by atoms with E-state index < -0.39 is 10.0 Å². The van der Waals surface area contributed by atoms with E-state index in [2.05, 4.69) is 4.72 Å². The average molecular weight is 306 g/mol. The van der Waals surface area contributed by atoms with Crippen LogP contribution in [0.3, 0.4) is 0 Å². The summed E-state index contributed by atoms with van der Waals surface area (Å²) in [4.78, 5) is 0.218. The highest BCUT2D eigenvalue weighted by atomic mass is 32.2. The van der Waals surface area contributed by atoms with E-state index in [0.717, 1.165) is 11.1 Å². The van der Waals surface area contributed by atoms with Gasteiger partial charge in [-0.3, -0.25) is 0 Å². The second-order valence-electron chi connectivity index (χ2n) is 4.83. The topological polar surface area (TPSA) is 92.4 Å². The number of aliphatic hydroxyl groups is 1. The Bertz CT molecular complexity index is 742. The number of sulfonamides is 1. The monoisotopic (exact) mass is 306 g/mol. The van der Waals surface area contributed by atoms with Gasteiger partial charge in [0, 0.05) is 12.2 Å². The van der Waals surface area contributed by atoms with Gasteiger partial charge in [0.15, 0.2) is 0 Å². The van der Waals surface area contributed by atoms with Crippen molar-refractivity contribution in [2.45, 2.75) is 25.0 Å². The fraction of sp³-hybridized carbons (Fsp3) is 0.200. The largest absolute Gasteiger partial charge is 0.399 e. The van der Waals surface area contributed by atoms with Crippen LogP contribution in [0.4, 0.5) is 5.69 Å². The van der Waals surface area contributed by atoms with Gasteiger partial charge in [0.05, 0.1) is 11.5 Å². The summed E-state index contributed by atoms with van der Waals surface area (Å²) < 4.78 is 27.1. The van der Waals surface area contributed by atoms with E-state index in [1.54, 1.807) is 43.3 Å². The van der Waals surface area contributed by atoms with Crippen LogP contribution in [-0.4, -0.2) is 13.5 Å². The van der Waals surface area contributed by atoms with Gasteiger partial charge < -0.3 is 10.8 Å². The molecule has 4 N–H and O–H groups in total. The number of anilines is 1. The first-order valence-electron chi connectivity index (χ1n) is 6.47. The number of nitrogens with two attached hydrogens (primary N) is 1. The molecular weight excluding hydrogens is 288 g/mol. The zero-order valence-corrected chi connectivity index (χ0v) is 12.5. The zero-order chi connectivity index (χ0) is 15.5. The van der Waals surface area contributed by atoms with Crippen LogP contribution in [0, 0.1) is 6.92 Å². The molecule has 0 aliphatic rings. The molecule has 2 aromatic carbocycles. The van der Waals surface area contributed by atoms with Crippen LogP contribution in [0.25, 0.3) is 0 Å².